The summed E-state index contributed by atoms with van der Waals surface area (Å²) in [5.74, 6) is -3.09. The van der Waals surface area contributed by atoms with E-state index in [1.165, 1.54) is 39.3 Å². The zero-order chi connectivity index (χ0) is 28.5. The van der Waals surface area contributed by atoms with Crippen molar-refractivity contribution in [1.29, 1.82) is 0 Å². The van der Waals surface area contributed by atoms with E-state index in [1.807, 2.05) is 19.1 Å². The van der Waals surface area contributed by atoms with Gasteiger partial charge in [0.2, 0.25) is 0 Å². The maximum absolute atomic E-state index is 12.9. The number of aromatic nitrogens is 1. The van der Waals surface area contributed by atoms with E-state index in [9.17, 15) is 19.2 Å². The quantitative estimate of drug-likeness (QED) is 0.133. The highest BCUT2D eigenvalue weighted by Gasteiger charge is 2.29. The maximum atomic E-state index is 12.9. The van der Waals surface area contributed by atoms with Gasteiger partial charge >= 0.3 is 23.9 Å². The fraction of sp³-hybridized carbons (Fsp3) is 0.179. The van der Waals surface area contributed by atoms with Crippen LogP contribution in [0, 0.1) is 6.92 Å². The normalized spacial score (nSPS) is 11.5. The number of thioether (sulfide) groups is 1. The second kappa shape index (κ2) is 13.2. The number of nitrogens with zero attached hydrogens (tertiary/aromatic N) is 2. The van der Waals surface area contributed by atoms with Crippen LogP contribution in [0.1, 0.15) is 31.8 Å². The fourth-order valence-corrected chi connectivity index (χ4v) is 4.36. The summed E-state index contributed by atoms with van der Waals surface area (Å²) in [5.41, 5.74) is 2.25. The number of hydrogen-bond donors (Lipinski definition) is 0. The summed E-state index contributed by atoms with van der Waals surface area (Å²) in [6.07, 6.45) is 2.34. The highest BCUT2D eigenvalue weighted by molar-refractivity contribution is 8.18. The molecule has 202 valence electrons. The Morgan fingerprint density at radius 1 is 0.821 bits per heavy atom. The molecule has 0 atom stereocenters. The highest BCUT2D eigenvalue weighted by Crippen LogP contribution is 2.32. The smallest absolute Gasteiger partial charge is 0.345 e. The lowest BCUT2D eigenvalue weighted by molar-refractivity contribution is -0.137. The van der Waals surface area contributed by atoms with Crippen LogP contribution in [0.15, 0.2) is 76.9 Å². The molecule has 0 aliphatic carbocycles. The van der Waals surface area contributed by atoms with Gasteiger partial charge in [-0.15, -0.1) is 0 Å². The molecule has 0 spiro atoms. The number of methoxy groups -OCH3 is 4. The van der Waals surface area contributed by atoms with E-state index in [4.69, 9.17) is 19.3 Å². The standard InChI is InChI=1S/C28H26N2O8S/c1-17-11-13-19(14-12-17)25(39-21(27(33)37-4)15-22(31)35-2)29-30-16-20(26(32)36-3)23(28(34)38-5)24(30)18-9-7-6-8-10-18/h6-16H,1-5H3/b21-15-,29-25-. The van der Waals surface area contributed by atoms with Crippen molar-refractivity contribution in [2.45, 2.75) is 6.92 Å². The molecule has 1 heterocycles. The van der Waals surface area contributed by atoms with Gasteiger partial charge < -0.3 is 18.9 Å². The summed E-state index contributed by atoms with van der Waals surface area (Å²) in [4.78, 5) is 50.0. The van der Waals surface area contributed by atoms with Crippen molar-refractivity contribution in [2.24, 2.45) is 5.10 Å². The number of hydrogen-bond acceptors (Lipinski definition) is 10. The van der Waals surface area contributed by atoms with Crippen LogP contribution < -0.4 is 0 Å². The molecule has 0 aliphatic heterocycles. The summed E-state index contributed by atoms with van der Waals surface area (Å²) in [5, 5.41) is 4.97. The average Bonchev–Trinajstić information content (AvgIpc) is 3.34. The minimum Gasteiger partial charge on any atom is -0.466 e. The van der Waals surface area contributed by atoms with Gasteiger partial charge in [0.05, 0.1) is 39.7 Å². The molecular formula is C28H26N2O8S. The summed E-state index contributed by atoms with van der Waals surface area (Å²) in [6.45, 7) is 1.91. The predicted octanol–water partition coefficient (Wildman–Crippen LogP) is 4.21. The average molecular weight is 551 g/mol. The van der Waals surface area contributed by atoms with Gasteiger partial charge in [-0.3, -0.25) is 0 Å². The second-order valence-electron chi connectivity index (χ2n) is 7.86. The fourth-order valence-electron chi connectivity index (χ4n) is 3.45. The molecule has 0 radical (unpaired) electrons. The Hall–Kier alpha value is -4.64. The summed E-state index contributed by atoms with van der Waals surface area (Å²) in [7, 11) is 4.76. The monoisotopic (exact) mass is 550 g/mol. The van der Waals surface area contributed by atoms with E-state index in [1.54, 1.807) is 42.5 Å². The van der Waals surface area contributed by atoms with E-state index in [0.717, 1.165) is 23.4 Å². The number of carbonyl (C=O) groups excluding carboxylic acids is 4. The topological polar surface area (TPSA) is 122 Å². The van der Waals surface area contributed by atoms with E-state index < -0.39 is 23.9 Å². The van der Waals surface area contributed by atoms with E-state index in [0.29, 0.717) is 11.1 Å². The first kappa shape index (κ1) is 28.9. The Kier molecular flexibility index (Phi) is 9.82. The molecule has 11 heteroatoms. The second-order valence-corrected chi connectivity index (χ2v) is 8.89. The molecule has 39 heavy (non-hydrogen) atoms. The Bertz CT molecular complexity index is 1440. The molecule has 2 aromatic carbocycles. The highest BCUT2D eigenvalue weighted by atomic mass is 32.2. The van der Waals surface area contributed by atoms with Gasteiger partial charge in [0, 0.05) is 23.4 Å². The molecule has 0 N–H and O–H groups in total. The molecule has 0 aliphatic rings. The third-order valence-corrected chi connectivity index (χ3v) is 6.38. The maximum Gasteiger partial charge on any atom is 0.345 e. The van der Waals surface area contributed by atoms with Crippen molar-refractivity contribution in [3.05, 3.63) is 94.0 Å². The first-order chi connectivity index (χ1) is 18.7. The van der Waals surface area contributed by atoms with Gasteiger partial charge in [0.25, 0.3) is 0 Å². The molecule has 0 bridgehead atoms. The van der Waals surface area contributed by atoms with Gasteiger partial charge in [-0.1, -0.05) is 71.9 Å². The minimum atomic E-state index is -0.786. The lowest BCUT2D eigenvalue weighted by atomic mass is 10.0. The van der Waals surface area contributed by atoms with Gasteiger partial charge in [0.1, 0.15) is 15.5 Å². The molecule has 0 saturated heterocycles. The molecule has 3 aromatic rings. The third-order valence-electron chi connectivity index (χ3n) is 5.37. The van der Waals surface area contributed by atoms with Crippen molar-refractivity contribution < 1.29 is 38.1 Å². The van der Waals surface area contributed by atoms with Crippen molar-refractivity contribution >= 4 is 40.7 Å². The van der Waals surface area contributed by atoms with Crippen LogP contribution in [0.4, 0.5) is 0 Å². The lowest BCUT2D eigenvalue weighted by Crippen LogP contribution is -2.11. The van der Waals surface area contributed by atoms with Gasteiger partial charge in [-0.2, -0.15) is 5.10 Å². The van der Waals surface area contributed by atoms with Crippen molar-refractivity contribution in [3.8, 4) is 11.3 Å². The SMILES string of the molecule is COC(=O)/C=C(\S/C(=N\n1cc(C(=O)OC)c(C(=O)OC)c1-c1ccccc1)c1ccc(C)cc1)C(=O)OC. The number of esters is 4. The van der Waals surface area contributed by atoms with E-state index >= 15 is 0 Å². The Labute approximate surface area is 229 Å². The van der Waals surface area contributed by atoms with Crippen LogP contribution in [0.3, 0.4) is 0 Å². The molecule has 10 nitrogen and oxygen atoms in total. The van der Waals surface area contributed by atoms with Gasteiger partial charge in [-0.25, -0.2) is 23.9 Å². The Morgan fingerprint density at radius 2 is 1.46 bits per heavy atom. The molecule has 0 saturated carbocycles. The number of ether oxygens (including phenoxy) is 4. The minimum absolute atomic E-state index is 0.0501. The largest absolute Gasteiger partial charge is 0.466 e. The molecule has 0 amide bonds. The van der Waals surface area contributed by atoms with Crippen LogP contribution in [0.2, 0.25) is 0 Å². The molecular weight excluding hydrogens is 524 g/mol. The number of carbonyl (C=O) groups is 4. The molecule has 3 rings (SSSR count). The Morgan fingerprint density at radius 3 is 2.03 bits per heavy atom. The van der Waals surface area contributed by atoms with Crippen LogP contribution in [0.5, 0.6) is 0 Å². The van der Waals surface area contributed by atoms with Crippen molar-refractivity contribution in [1.82, 2.24) is 4.68 Å². The van der Waals surface area contributed by atoms with Crippen molar-refractivity contribution in [3.63, 3.8) is 0 Å². The summed E-state index contributed by atoms with van der Waals surface area (Å²) < 4.78 is 20.8. The first-order valence-corrected chi connectivity index (χ1v) is 12.2. The van der Waals surface area contributed by atoms with Gasteiger partial charge in [0.15, 0.2) is 0 Å². The zero-order valence-corrected chi connectivity index (χ0v) is 22.7. The van der Waals surface area contributed by atoms with Crippen LogP contribution >= 0.6 is 11.8 Å². The summed E-state index contributed by atoms with van der Waals surface area (Å²) in [6, 6.07) is 16.1. The van der Waals surface area contributed by atoms with Crippen molar-refractivity contribution in [2.75, 3.05) is 28.4 Å². The first-order valence-electron chi connectivity index (χ1n) is 11.4. The molecule has 0 unspecified atom stereocenters. The number of benzene rings is 2. The lowest BCUT2D eigenvalue weighted by Gasteiger charge is -2.12. The van der Waals surface area contributed by atoms with Crippen LogP contribution in [0.25, 0.3) is 11.3 Å². The third kappa shape index (κ3) is 6.82. The Balaban J connectivity index is 2.36. The van der Waals surface area contributed by atoms with E-state index in [-0.39, 0.29) is 26.8 Å². The van der Waals surface area contributed by atoms with Crippen LogP contribution in [-0.2, 0) is 28.5 Å². The van der Waals surface area contributed by atoms with Crippen LogP contribution in [-0.4, -0.2) is 62.0 Å². The molecule has 1 aromatic heterocycles. The number of rotatable bonds is 8. The predicted molar refractivity (Wildman–Crippen MR) is 145 cm³/mol. The zero-order valence-electron chi connectivity index (χ0n) is 21.9. The summed E-state index contributed by atoms with van der Waals surface area (Å²) >= 11 is 0.850. The number of aryl methyl sites for hydroxylation is 1. The van der Waals surface area contributed by atoms with E-state index in [2.05, 4.69) is 4.74 Å². The van der Waals surface area contributed by atoms with Gasteiger partial charge in [-0.05, 0) is 6.92 Å². The molecule has 0 fully saturated rings.